The molecule has 0 saturated carbocycles. The molecule has 0 amide bonds. The number of carbonyl (C=O) groups excluding carboxylic acids is 1. The third-order valence-electron chi connectivity index (χ3n) is 2.34. The summed E-state index contributed by atoms with van der Waals surface area (Å²) in [7, 11) is 1.20. The fraction of sp³-hybridized carbons (Fsp3) is 0.545. The van der Waals surface area contributed by atoms with Crippen LogP contribution in [0.25, 0.3) is 0 Å². The Morgan fingerprint density at radius 3 is 2.58 bits per heavy atom. The zero-order valence-electron chi connectivity index (χ0n) is 10.7. The molecule has 0 N–H and O–H groups in total. The summed E-state index contributed by atoms with van der Waals surface area (Å²) >= 11 is 0. The molecular formula is C11H14F3N3O2. The highest BCUT2D eigenvalue weighted by Gasteiger charge is 2.33. The van der Waals surface area contributed by atoms with Crippen molar-refractivity contribution in [1.29, 1.82) is 0 Å². The number of esters is 1. The molecule has 106 valence electrons. The summed E-state index contributed by atoms with van der Waals surface area (Å²) in [6.45, 7) is 3.22. The largest absolute Gasteiger partial charge is 0.468 e. The zero-order valence-corrected chi connectivity index (χ0v) is 10.7. The molecule has 5 nitrogen and oxygen atoms in total. The van der Waals surface area contributed by atoms with Gasteiger partial charge in [-0.1, -0.05) is 0 Å². The quantitative estimate of drug-likeness (QED) is 0.786. The fourth-order valence-corrected chi connectivity index (χ4v) is 1.33. The number of hydrogen-bond donors (Lipinski definition) is 0. The van der Waals surface area contributed by atoms with Crippen molar-refractivity contribution in [3.8, 4) is 0 Å². The average molecular weight is 277 g/mol. The van der Waals surface area contributed by atoms with Crippen LogP contribution in [-0.2, 0) is 15.7 Å². The molecule has 0 aromatic carbocycles. The van der Waals surface area contributed by atoms with E-state index >= 15 is 0 Å². The Labute approximate surface area is 108 Å². The predicted molar refractivity (Wildman–Crippen MR) is 61.5 cm³/mol. The summed E-state index contributed by atoms with van der Waals surface area (Å²) in [6.07, 6.45) is -3.54. The number of nitrogens with zero attached hydrogens (tertiary/aromatic N) is 3. The van der Waals surface area contributed by atoms with Gasteiger partial charge in [0.05, 0.1) is 7.11 Å². The second-order valence-corrected chi connectivity index (χ2v) is 4.04. The smallest absolute Gasteiger partial charge is 0.433 e. The van der Waals surface area contributed by atoms with Crippen LogP contribution in [0.3, 0.4) is 0 Å². The highest BCUT2D eigenvalue weighted by Crippen LogP contribution is 2.28. The first-order valence-corrected chi connectivity index (χ1v) is 5.49. The molecule has 8 heteroatoms. The summed E-state index contributed by atoms with van der Waals surface area (Å²) in [5, 5.41) is 0. The van der Waals surface area contributed by atoms with Gasteiger partial charge in [0.25, 0.3) is 0 Å². The van der Waals surface area contributed by atoms with Crippen molar-refractivity contribution >= 4 is 11.9 Å². The van der Waals surface area contributed by atoms with Gasteiger partial charge in [-0.25, -0.2) is 9.97 Å². The second kappa shape index (κ2) is 5.85. The maximum absolute atomic E-state index is 12.6. The van der Waals surface area contributed by atoms with Gasteiger partial charge in [-0.2, -0.15) is 13.2 Å². The number of ether oxygens (including phenoxy) is 1. The first-order valence-electron chi connectivity index (χ1n) is 5.49. The Kier molecular flexibility index (Phi) is 4.68. The van der Waals surface area contributed by atoms with Gasteiger partial charge in [0.2, 0.25) is 5.95 Å². The van der Waals surface area contributed by atoms with E-state index in [1.54, 1.807) is 13.8 Å². The topological polar surface area (TPSA) is 55.3 Å². The van der Waals surface area contributed by atoms with Gasteiger partial charge in [-0.3, -0.25) is 4.79 Å². The molecule has 1 aromatic heterocycles. The molecule has 0 radical (unpaired) electrons. The minimum absolute atomic E-state index is 0.157. The lowest BCUT2D eigenvalue weighted by molar-refractivity contribution is -0.141. The molecule has 0 spiro atoms. The van der Waals surface area contributed by atoms with Crippen molar-refractivity contribution in [2.45, 2.75) is 26.1 Å². The maximum atomic E-state index is 12.6. The first-order chi connectivity index (χ1) is 8.75. The van der Waals surface area contributed by atoms with Gasteiger partial charge >= 0.3 is 12.1 Å². The summed E-state index contributed by atoms with van der Waals surface area (Å²) in [5.74, 6) is -0.732. The number of aromatic nitrogens is 2. The minimum atomic E-state index is -4.55. The SMILES string of the molecule is COC(=O)CN(c1nccc(C(F)(F)F)n1)C(C)C. The number of halogens is 3. The maximum Gasteiger partial charge on any atom is 0.433 e. The molecule has 0 bridgehead atoms. The number of rotatable bonds is 4. The molecule has 0 atom stereocenters. The van der Waals surface area contributed by atoms with Crippen LogP contribution >= 0.6 is 0 Å². The van der Waals surface area contributed by atoms with E-state index in [0.29, 0.717) is 0 Å². The van der Waals surface area contributed by atoms with E-state index < -0.39 is 17.8 Å². The molecule has 0 unspecified atom stereocenters. The van der Waals surface area contributed by atoms with Crippen LogP contribution in [-0.4, -0.2) is 35.6 Å². The standard InChI is InChI=1S/C11H14F3N3O2/c1-7(2)17(6-9(18)19-3)10-15-5-4-8(16-10)11(12,13)14/h4-5,7H,6H2,1-3H3. The lowest BCUT2D eigenvalue weighted by Gasteiger charge is -2.25. The van der Waals surface area contributed by atoms with Gasteiger partial charge in [0.15, 0.2) is 0 Å². The summed E-state index contributed by atoms with van der Waals surface area (Å²) in [6, 6.07) is 0.530. The van der Waals surface area contributed by atoms with E-state index in [4.69, 9.17) is 0 Å². The highest BCUT2D eigenvalue weighted by molar-refractivity contribution is 5.74. The molecule has 0 aliphatic heterocycles. The van der Waals surface area contributed by atoms with Crippen LogP contribution in [0, 0.1) is 0 Å². The zero-order chi connectivity index (χ0) is 14.6. The van der Waals surface area contributed by atoms with E-state index in [0.717, 1.165) is 12.3 Å². The summed E-state index contributed by atoms with van der Waals surface area (Å²) in [5.41, 5.74) is -1.05. The molecule has 19 heavy (non-hydrogen) atoms. The molecular weight excluding hydrogens is 263 g/mol. The number of anilines is 1. The van der Waals surface area contributed by atoms with Gasteiger partial charge < -0.3 is 9.64 Å². The summed E-state index contributed by atoms with van der Waals surface area (Å²) in [4.78, 5) is 19.8. The third-order valence-corrected chi connectivity index (χ3v) is 2.34. The van der Waals surface area contributed by atoms with Crippen molar-refractivity contribution in [3.05, 3.63) is 18.0 Å². The van der Waals surface area contributed by atoms with E-state index in [9.17, 15) is 18.0 Å². The number of alkyl halides is 3. The summed E-state index contributed by atoms with van der Waals surface area (Å²) < 4.78 is 42.2. The van der Waals surface area contributed by atoms with Gasteiger partial charge in [0, 0.05) is 12.2 Å². The first kappa shape index (κ1) is 15.2. The Bertz CT molecular complexity index is 449. The van der Waals surface area contributed by atoms with Crippen molar-refractivity contribution in [2.24, 2.45) is 0 Å². The van der Waals surface area contributed by atoms with Crippen LogP contribution in [0.5, 0.6) is 0 Å². The molecule has 1 rings (SSSR count). The molecule has 1 aromatic rings. The minimum Gasteiger partial charge on any atom is -0.468 e. The monoisotopic (exact) mass is 277 g/mol. The molecule has 0 saturated heterocycles. The van der Waals surface area contributed by atoms with Crippen LogP contribution < -0.4 is 4.90 Å². The van der Waals surface area contributed by atoms with Gasteiger partial charge in [0.1, 0.15) is 12.2 Å². The lowest BCUT2D eigenvalue weighted by atomic mass is 10.3. The average Bonchev–Trinajstić information content (AvgIpc) is 2.34. The number of methoxy groups -OCH3 is 1. The van der Waals surface area contributed by atoms with E-state index in [1.165, 1.54) is 12.0 Å². The fourth-order valence-electron chi connectivity index (χ4n) is 1.33. The van der Waals surface area contributed by atoms with Crippen molar-refractivity contribution < 1.29 is 22.7 Å². The van der Waals surface area contributed by atoms with Crippen molar-refractivity contribution in [3.63, 3.8) is 0 Å². The van der Waals surface area contributed by atoms with Gasteiger partial charge in [-0.05, 0) is 19.9 Å². The van der Waals surface area contributed by atoms with E-state index in [-0.39, 0.29) is 18.5 Å². The van der Waals surface area contributed by atoms with Crippen LogP contribution in [0.2, 0.25) is 0 Å². The van der Waals surface area contributed by atoms with Gasteiger partial charge in [-0.15, -0.1) is 0 Å². The number of carbonyl (C=O) groups is 1. The Morgan fingerprint density at radius 2 is 2.11 bits per heavy atom. The molecule has 1 heterocycles. The molecule has 0 aliphatic rings. The second-order valence-electron chi connectivity index (χ2n) is 4.04. The van der Waals surface area contributed by atoms with Crippen molar-refractivity contribution in [1.82, 2.24) is 9.97 Å². The van der Waals surface area contributed by atoms with Crippen molar-refractivity contribution in [2.75, 3.05) is 18.6 Å². The van der Waals surface area contributed by atoms with E-state index in [1.807, 2.05) is 0 Å². The van der Waals surface area contributed by atoms with E-state index in [2.05, 4.69) is 14.7 Å². The Morgan fingerprint density at radius 1 is 1.47 bits per heavy atom. The predicted octanol–water partition coefficient (Wildman–Crippen LogP) is 1.88. The normalized spacial score (nSPS) is 11.5. The van der Waals surface area contributed by atoms with Crippen LogP contribution in [0.1, 0.15) is 19.5 Å². The lowest BCUT2D eigenvalue weighted by Crippen LogP contribution is -2.37. The van der Waals surface area contributed by atoms with Crippen LogP contribution in [0.15, 0.2) is 12.3 Å². The Hall–Kier alpha value is -1.86. The van der Waals surface area contributed by atoms with Crippen LogP contribution in [0.4, 0.5) is 19.1 Å². The number of hydrogen-bond acceptors (Lipinski definition) is 5. The third kappa shape index (κ3) is 4.08. The Balaban J connectivity index is 3.06. The molecule has 0 fully saturated rings. The molecule has 0 aliphatic carbocycles. The highest BCUT2D eigenvalue weighted by atomic mass is 19.4.